The minimum atomic E-state index is -2.96. The van der Waals surface area contributed by atoms with E-state index in [4.69, 9.17) is 16.9 Å². The number of pyridine rings is 1. The summed E-state index contributed by atoms with van der Waals surface area (Å²) < 4.78 is 37.1. The van der Waals surface area contributed by atoms with Gasteiger partial charge in [0.15, 0.2) is 0 Å². The molecule has 74 valence electrons. The number of aromatic nitrogens is 1. The number of nitriles is 1. The molecule has 0 unspecified atom stereocenters. The molecule has 0 radical (unpaired) electrons. The number of rotatable bonds is 2. The Balaban J connectivity index is 3.18. The molecule has 0 spiro atoms. The van der Waals surface area contributed by atoms with Crippen molar-refractivity contribution in [2.24, 2.45) is 0 Å². The van der Waals surface area contributed by atoms with Gasteiger partial charge in [0.25, 0.3) is 6.43 Å². The van der Waals surface area contributed by atoms with Crippen LogP contribution in [0.4, 0.5) is 13.2 Å². The molecule has 0 aliphatic carbocycles. The Kier molecular flexibility index (Phi) is 3.31. The van der Waals surface area contributed by atoms with Gasteiger partial charge in [0.1, 0.15) is 0 Å². The maximum absolute atomic E-state index is 12.8. The zero-order valence-electron chi connectivity index (χ0n) is 6.77. The third kappa shape index (κ3) is 2.15. The Morgan fingerprint density at radius 2 is 2.21 bits per heavy atom. The van der Waals surface area contributed by atoms with Gasteiger partial charge in [-0.1, -0.05) is 11.6 Å². The highest BCUT2D eigenvalue weighted by molar-refractivity contribution is 6.31. The molecule has 1 aromatic heterocycles. The topological polar surface area (TPSA) is 36.7 Å². The van der Waals surface area contributed by atoms with Crippen LogP contribution in [-0.2, 0) is 6.42 Å². The second-order valence-corrected chi connectivity index (χ2v) is 2.84. The molecule has 0 bridgehead atoms. The number of hydrogen-bond donors (Lipinski definition) is 0. The molecular formula is C8H4ClF3N2. The highest BCUT2D eigenvalue weighted by atomic mass is 35.5. The van der Waals surface area contributed by atoms with Gasteiger partial charge in [-0.15, -0.1) is 0 Å². The fourth-order valence-electron chi connectivity index (χ4n) is 0.868. The average Bonchev–Trinajstić information content (AvgIpc) is 2.10. The van der Waals surface area contributed by atoms with Crippen LogP contribution in [0.5, 0.6) is 0 Å². The van der Waals surface area contributed by atoms with Crippen molar-refractivity contribution >= 4 is 11.6 Å². The van der Waals surface area contributed by atoms with Crippen molar-refractivity contribution in [1.82, 2.24) is 4.98 Å². The average molecular weight is 221 g/mol. The maximum Gasteiger partial charge on any atom is 0.268 e. The van der Waals surface area contributed by atoms with E-state index in [1.54, 1.807) is 6.07 Å². The summed E-state index contributed by atoms with van der Waals surface area (Å²) >= 11 is 5.51. The van der Waals surface area contributed by atoms with Gasteiger partial charge in [0.2, 0.25) is 5.95 Å². The maximum atomic E-state index is 12.8. The number of hydrogen-bond acceptors (Lipinski definition) is 2. The molecule has 0 aliphatic heterocycles. The van der Waals surface area contributed by atoms with Crippen molar-refractivity contribution in [1.29, 1.82) is 5.26 Å². The fraction of sp³-hybridized carbons (Fsp3) is 0.250. The van der Waals surface area contributed by atoms with Gasteiger partial charge in [-0.2, -0.15) is 9.65 Å². The molecule has 1 aromatic rings. The predicted octanol–water partition coefficient (Wildman–Crippen LogP) is 2.88. The third-order valence-corrected chi connectivity index (χ3v) is 1.84. The van der Waals surface area contributed by atoms with Crippen LogP contribution >= 0.6 is 11.6 Å². The van der Waals surface area contributed by atoms with Gasteiger partial charge >= 0.3 is 0 Å². The predicted molar refractivity (Wildman–Crippen MR) is 43.5 cm³/mol. The molecule has 1 heterocycles. The monoisotopic (exact) mass is 220 g/mol. The van der Waals surface area contributed by atoms with E-state index in [2.05, 4.69) is 4.98 Å². The summed E-state index contributed by atoms with van der Waals surface area (Å²) in [7, 11) is 0. The summed E-state index contributed by atoms with van der Waals surface area (Å²) in [6.45, 7) is 0. The smallest absolute Gasteiger partial charge is 0.222 e. The Hall–Kier alpha value is -1.28. The highest BCUT2D eigenvalue weighted by Crippen LogP contribution is 2.25. The second-order valence-electron chi connectivity index (χ2n) is 2.43. The van der Waals surface area contributed by atoms with Crippen molar-refractivity contribution in [3.05, 3.63) is 28.3 Å². The molecular weight excluding hydrogens is 217 g/mol. The Labute approximate surface area is 82.9 Å². The van der Waals surface area contributed by atoms with Crippen molar-refractivity contribution < 1.29 is 13.2 Å². The second kappa shape index (κ2) is 4.29. The number of halogens is 4. The van der Waals surface area contributed by atoms with Gasteiger partial charge in [0.05, 0.1) is 28.8 Å². The Morgan fingerprint density at radius 1 is 1.57 bits per heavy atom. The van der Waals surface area contributed by atoms with E-state index in [1.807, 2.05) is 0 Å². The number of alkyl halides is 2. The zero-order valence-corrected chi connectivity index (χ0v) is 7.52. The molecule has 0 saturated carbocycles. The lowest BCUT2D eigenvalue weighted by Gasteiger charge is -2.04. The van der Waals surface area contributed by atoms with Crippen molar-refractivity contribution in [3.8, 4) is 6.07 Å². The van der Waals surface area contributed by atoms with E-state index in [0.29, 0.717) is 0 Å². The van der Waals surface area contributed by atoms with E-state index in [1.165, 1.54) is 0 Å². The largest absolute Gasteiger partial charge is 0.268 e. The summed E-state index contributed by atoms with van der Waals surface area (Å²) in [6.07, 6.45) is -3.17. The molecule has 0 saturated heterocycles. The molecule has 0 N–H and O–H groups in total. The molecule has 0 aliphatic rings. The van der Waals surface area contributed by atoms with Crippen LogP contribution in [0, 0.1) is 17.3 Å². The number of nitrogens with zero attached hydrogens (tertiary/aromatic N) is 2. The first-order chi connectivity index (χ1) is 6.56. The zero-order chi connectivity index (χ0) is 10.7. The first-order valence-corrected chi connectivity index (χ1v) is 3.94. The van der Waals surface area contributed by atoms with Crippen LogP contribution in [0.15, 0.2) is 6.07 Å². The standard InChI is InChI=1S/C8H4ClF3N2/c9-5-3-4(7(10)11)8(12)14-6(5)1-2-13/h3,7H,1H2. The minimum Gasteiger partial charge on any atom is -0.222 e. The van der Waals surface area contributed by atoms with Crippen LogP contribution in [-0.4, -0.2) is 4.98 Å². The fourth-order valence-corrected chi connectivity index (χ4v) is 1.09. The van der Waals surface area contributed by atoms with Gasteiger partial charge < -0.3 is 0 Å². The van der Waals surface area contributed by atoms with Crippen molar-refractivity contribution in [3.63, 3.8) is 0 Å². The molecule has 0 atom stereocenters. The highest BCUT2D eigenvalue weighted by Gasteiger charge is 2.17. The Morgan fingerprint density at radius 3 is 2.71 bits per heavy atom. The van der Waals surface area contributed by atoms with Crippen molar-refractivity contribution in [2.75, 3.05) is 0 Å². The van der Waals surface area contributed by atoms with Crippen LogP contribution < -0.4 is 0 Å². The van der Waals surface area contributed by atoms with E-state index in [9.17, 15) is 13.2 Å². The molecule has 2 nitrogen and oxygen atoms in total. The first-order valence-electron chi connectivity index (χ1n) is 3.56. The van der Waals surface area contributed by atoms with E-state index in [0.717, 1.165) is 6.07 Å². The lowest BCUT2D eigenvalue weighted by atomic mass is 10.2. The summed E-state index contributed by atoms with van der Waals surface area (Å²) in [5.41, 5.74) is -0.882. The quantitative estimate of drug-likeness (QED) is 0.719. The van der Waals surface area contributed by atoms with E-state index in [-0.39, 0.29) is 17.1 Å². The lowest BCUT2D eigenvalue weighted by molar-refractivity contribution is 0.145. The molecule has 6 heteroatoms. The summed E-state index contributed by atoms with van der Waals surface area (Å²) in [6, 6.07) is 2.49. The first kappa shape index (κ1) is 10.8. The molecule has 0 aromatic carbocycles. The van der Waals surface area contributed by atoms with Gasteiger partial charge in [-0.25, -0.2) is 13.8 Å². The van der Waals surface area contributed by atoms with E-state index < -0.39 is 17.9 Å². The Bertz CT molecular complexity index is 387. The molecule has 14 heavy (non-hydrogen) atoms. The summed E-state index contributed by atoms with van der Waals surface area (Å²) in [5.74, 6) is -1.28. The van der Waals surface area contributed by atoms with Crippen LogP contribution in [0.1, 0.15) is 17.7 Å². The molecule has 0 amide bonds. The normalized spacial score (nSPS) is 10.3. The van der Waals surface area contributed by atoms with Crippen LogP contribution in [0.25, 0.3) is 0 Å². The van der Waals surface area contributed by atoms with Gasteiger partial charge in [-0.3, -0.25) is 0 Å². The van der Waals surface area contributed by atoms with Crippen LogP contribution in [0.3, 0.4) is 0 Å². The third-order valence-electron chi connectivity index (χ3n) is 1.51. The van der Waals surface area contributed by atoms with Crippen LogP contribution in [0.2, 0.25) is 5.02 Å². The van der Waals surface area contributed by atoms with E-state index >= 15 is 0 Å². The van der Waals surface area contributed by atoms with Gasteiger partial charge in [0, 0.05) is 0 Å². The molecule has 1 rings (SSSR count). The SMILES string of the molecule is N#CCc1nc(F)c(C(F)F)cc1Cl. The minimum absolute atomic E-state index is 0.0314. The lowest BCUT2D eigenvalue weighted by Crippen LogP contribution is -1.99. The van der Waals surface area contributed by atoms with Crippen molar-refractivity contribution in [2.45, 2.75) is 12.8 Å². The summed E-state index contributed by atoms with van der Waals surface area (Å²) in [4.78, 5) is 3.18. The summed E-state index contributed by atoms with van der Waals surface area (Å²) in [5, 5.41) is 8.17. The molecule has 0 fully saturated rings. The van der Waals surface area contributed by atoms with Gasteiger partial charge in [-0.05, 0) is 6.07 Å².